The molecule has 0 radical (unpaired) electrons. The van der Waals surface area contributed by atoms with Crippen molar-refractivity contribution < 1.29 is 9.47 Å². The number of allylic oxidation sites excluding steroid dienone is 1. The van der Waals surface area contributed by atoms with Gasteiger partial charge in [0.25, 0.3) is 0 Å². The van der Waals surface area contributed by atoms with E-state index in [9.17, 15) is 0 Å². The van der Waals surface area contributed by atoms with Crippen LogP contribution >= 0.6 is 27.2 Å². The molecule has 6 heteroatoms. The predicted molar refractivity (Wildman–Crippen MR) is 189 cm³/mol. The maximum atomic E-state index is 6.81. The van der Waals surface area contributed by atoms with E-state index in [1.807, 2.05) is 0 Å². The molecule has 0 amide bonds. The Kier molecular flexibility index (Phi) is 6.62. The van der Waals surface area contributed by atoms with Crippen molar-refractivity contribution in [2.45, 2.75) is 111 Å². The Bertz CT molecular complexity index is 1420. The molecule has 0 aromatic heterocycles. The molecule has 2 heterocycles. The van der Waals surface area contributed by atoms with E-state index in [1.165, 1.54) is 56.7 Å². The number of hydrogen-bond donors (Lipinski definition) is 0. The van der Waals surface area contributed by atoms with Crippen molar-refractivity contribution >= 4 is 44.3 Å². The minimum Gasteiger partial charge on any atom is -0.497 e. The Morgan fingerprint density at radius 1 is 0.860 bits per heavy atom. The van der Waals surface area contributed by atoms with E-state index in [0.29, 0.717) is 38.9 Å². The van der Waals surface area contributed by atoms with Crippen LogP contribution < -0.4 is 10.0 Å². The molecule has 1 aromatic carbocycles. The van der Waals surface area contributed by atoms with Crippen molar-refractivity contribution in [3.63, 3.8) is 0 Å². The number of benzene rings is 1. The standard InChI is InChI=1S/C37H53O2PS3/c1-32(2)17-19-37-20-18-35(6)25(29(37)30(32)39-22-37)13-14-28-34(5)21-26-31(33(3,4)27(34)15-16-36(28,35)7)43-40(41,42-26)24-11-9-23(38-8)10-12-24/h9-12,21,25,27-31H,13-20,22H2,1-8H3/t25-,27+,28-,29-,30-,31-,34+,35-,36-,37-,40?/m1/s1. The molecule has 2 aliphatic heterocycles. The second kappa shape index (κ2) is 9.36. The summed E-state index contributed by atoms with van der Waals surface area (Å²) in [5.74, 6) is 3.94. The first-order valence-electron chi connectivity index (χ1n) is 17.1. The van der Waals surface area contributed by atoms with Gasteiger partial charge in [0.05, 0.1) is 24.3 Å². The zero-order chi connectivity index (χ0) is 30.4. The molecule has 2 saturated heterocycles. The summed E-state index contributed by atoms with van der Waals surface area (Å²) >= 11 is 10.9. The molecule has 11 atom stereocenters. The molecule has 1 unspecified atom stereocenters. The van der Waals surface area contributed by atoms with Gasteiger partial charge in [0.1, 0.15) is 5.75 Å². The van der Waals surface area contributed by atoms with Crippen LogP contribution in [0.1, 0.15) is 99.8 Å². The van der Waals surface area contributed by atoms with Crippen LogP contribution in [0.25, 0.3) is 0 Å². The maximum Gasteiger partial charge on any atom is 0.118 e. The van der Waals surface area contributed by atoms with Gasteiger partial charge in [-0.15, -0.1) is 11.4 Å². The smallest absolute Gasteiger partial charge is 0.118 e. The minimum absolute atomic E-state index is 0.227. The van der Waals surface area contributed by atoms with Gasteiger partial charge < -0.3 is 9.47 Å². The Morgan fingerprint density at radius 3 is 2.30 bits per heavy atom. The summed E-state index contributed by atoms with van der Waals surface area (Å²) in [6.45, 7) is 19.5. The SMILES string of the molecule is COc1ccc(P2(=S)SC3=C[C@]4(C)[C@H]5CC[C@@H]6[C@@H]7[C@H]8OC[C@@]7(CCC8(C)C)CC[C@@]6(C)[C@]5(C)CC[C@H]4C(C)(C)[C@@H]3S2)cc1. The predicted octanol–water partition coefficient (Wildman–Crippen LogP) is 10.5. The highest BCUT2D eigenvalue weighted by Crippen LogP contribution is 2.85. The van der Waals surface area contributed by atoms with Crippen LogP contribution in [0.3, 0.4) is 0 Å². The Balaban J connectivity index is 1.17. The maximum absolute atomic E-state index is 6.81. The van der Waals surface area contributed by atoms with Gasteiger partial charge in [-0.2, -0.15) is 0 Å². The highest BCUT2D eigenvalue weighted by molar-refractivity contribution is 9.04. The quantitative estimate of drug-likeness (QED) is 0.294. The van der Waals surface area contributed by atoms with Crippen LogP contribution in [-0.2, 0) is 16.5 Å². The first-order valence-corrected chi connectivity index (χ1v) is 22.8. The summed E-state index contributed by atoms with van der Waals surface area (Å²) in [6, 6.07) is 8.71. The molecule has 5 aliphatic carbocycles. The van der Waals surface area contributed by atoms with Crippen LogP contribution in [0.15, 0.2) is 35.2 Å². The Hall–Kier alpha value is 0.0700. The lowest BCUT2D eigenvalue weighted by atomic mass is 9.32. The lowest BCUT2D eigenvalue weighted by Gasteiger charge is -2.72. The third-order valence-corrected chi connectivity index (χ3v) is 26.3. The van der Waals surface area contributed by atoms with Crippen LogP contribution in [0.5, 0.6) is 5.75 Å². The third-order valence-electron chi connectivity index (χ3n) is 15.5. The second-order valence-corrected chi connectivity index (χ2v) is 28.8. The van der Waals surface area contributed by atoms with Crippen LogP contribution in [0.2, 0.25) is 0 Å². The zero-order valence-corrected chi connectivity index (χ0v) is 31.0. The summed E-state index contributed by atoms with van der Waals surface area (Å²) in [7, 11) is 1.75. The fourth-order valence-electron chi connectivity index (χ4n) is 13.0. The molecule has 1 aromatic rings. The van der Waals surface area contributed by atoms with Gasteiger partial charge in [-0.25, -0.2) is 0 Å². The molecule has 8 rings (SSSR count). The lowest BCUT2D eigenvalue weighted by molar-refractivity contribution is -0.226. The second-order valence-electron chi connectivity index (χ2n) is 17.8. The monoisotopic (exact) mass is 656 g/mol. The summed E-state index contributed by atoms with van der Waals surface area (Å²) in [6.07, 6.45) is 14.4. The summed E-state index contributed by atoms with van der Waals surface area (Å²) in [5.41, 5.74) is 2.01. The molecule has 236 valence electrons. The molecular weight excluding hydrogens is 604 g/mol. The average Bonchev–Trinajstić information content (AvgIpc) is 3.48. The van der Waals surface area contributed by atoms with Gasteiger partial charge >= 0.3 is 0 Å². The van der Waals surface area contributed by atoms with Crippen molar-refractivity contribution in [2.75, 3.05) is 13.7 Å². The van der Waals surface area contributed by atoms with Crippen molar-refractivity contribution in [1.82, 2.24) is 0 Å². The first kappa shape index (κ1) is 30.4. The van der Waals surface area contributed by atoms with E-state index in [1.54, 1.807) is 12.0 Å². The molecule has 6 fully saturated rings. The van der Waals surface area contributed by atoms with Gasteiger partial charge in [-0.1, -0.05) is 77.7 Å². The number of rotatable bonds is 2. The molecule has 2 bridgehead atoms. The highest BCUT2D eigenvalue weighted by Gasteiger charge is 2.73. The third kappa shape index (κ3) is 3.81. The van der Waals surface area contributed by atoms with E-state index in [-0.39, 0.29) is 10.8 Å². The van der Waals surface area contributed by atoms with Gasteiger partial charge in [0, 0.05) is 15.5 Å². The van der Waals surface area contributed by atoms with E-state index in [0.717, 1.165) is 30.1 Å². The molecule has 7 aliphatic rings. The number of fused-ring (bicyclic) bond motifs is 6. The topological polar surface area (TPSA) is 18.5 Å². The van der Waals surface area contributed by atoms with E-state index in [4.69, 9.17) is 21.3 Å². The lowest BCUT2D eigenvalue weighted by Crippen LogP contribution is -2.67. The van der Waals surface area contributed by atoms with Crippen molar-refractivity contribution in [3.8, 4) is 5.75 Å². The van der Waals surface area contributed by atoms with E-state index < -0.39 is 4.44 Å². The number of ether oxygens (including phenoxy) is 2. The number of hydrogen-bond acceptors (Lipinski definition) is 5. The zero-order valence-electron chi connectivity index (χ0n) is 27.7. The minimum atomic E-state index is -1.82. The molecular formula is C37H53O2PS3. The molecule has 2 nitrogen and oxygen atoms in total. The molecule has 0 N–H and O–H groups in total. The van der Waals surface area contributed by atoms with Gasteiger partial charge in [-0.05, 0) is 132 Å². The summed E-state index contributed by atoms with van der Waals surface area (Å²) in [4.78, 5) is 1.62. The summed E-state index contributed by atoms with van der Waals surface area (Å²) in [5, 5.41) is 1.87. The van der Waals surface area contributed by atoms with Crippen LogP contribution in [0.4, 0.5) is 0 Å². The average molecular weight is 657 g/mol. The molecule has 0 spiro atoms. The normalized spacial score (nSPS) is 52.1. The van der Waals surface area contributed by atoms with Crippen molar-refractivity contribution in [1.29, 1.82) is 0 Å². The first-order chi connectivity index (χ1) is 20.1. The highest BCUT2D eigenvalue weighted by atomic mass is 33.2. The largest absolute Gasteiger partial charge is 0.497 e. The van der Waals surface area contributed by atoms with Gasteiger partial charge in [0.2, 0.25) is 0 Å². The van der Waals surface area contributed by atoms with Gasteiger partial charge in [-0.3, -0.25) is 0 Å². The fourth-order valence-corrected chi connectivity index (χ4v) is 25.1. The Labute approximate surface area is 274 Å². The van der Waals surface area contributed by atoms with Crippen molar-refractivity contribution in [2.24, 2.45) is 56.2 Å². The van der Waals surface area contributed by atoms with Crippen molar-refractivity contribution in [3.05, 3.63) is 35.2 Å². The molecule has 4 saturated carbocycles. The van der Waals surface area contributed by atoms with Gasteiger partial charge in [0.15, 0.2) is 0 Å². The van der Waals surface area contributed by atoms with E-state index >= 15 is 0 Å². The van der Waals surface area contributed by atoms with Crippen LogP contribution in [-0.4, -0.2) is 25.1 Å². The van der Waals surface area contributed by atoms with Crippen LogP contribution in [0, 0.1) is 56.2 Å². The Morgan fingerprint density at radius 2 is 1.58 bits per heavy atom. The fraction of sp³-hybridized carbons (Fsp3) is 0.784. The van der Waals surface area contributed by atoms with E-state index in [2.05, 4.69) is 102 Å². The summed E-state index contributed by atoms with van der Waals surface area (Å²) < 4.78 is 10.5. The number of methoxy groups -OCH3 is 1. The molecule has 43 heavy (non-hydrogen) atoms.